The van der Waals surface area contributed by atoms with Crippen molar-refractivity contribution in [2.75, 3.05) is 10.3 Å². The van der Waals surface area contributed by atoms with E-state index in [2.05, 4.69) is 15.4 Å². The second-order valence-corrected chi connectivity index (χ2v) is 17.6. The molecule has 5 heterocycles. The highest BCUT2D eigenvalue weighted by molar-refractivity contribution is 6.33. The molecule has 2 aliphatic carbocycles. The monoisotopic (exact) mass is 917 g/mol. The number of nitrogens with one attached hydrogen (secondary N) is 1. The number of aromatic hydroxyl groups is 1. The van der Waals surface area contributed by atoms with Gasteiger partial charge in [0, 0.05) is 34.7 Å². The Kier molecular flexibility index (Phi) is 9.28. The molecule has 1 saturated carbocycles. The van der Waals surface area contributed by atoms with Gasteiger partial charge in [-0.05, 0) is 103 Å². The van der Waals surface area contributed by atoms with Crippen LogP contribution in [-0.2, 0) is 37.2 Å². The molecule has 326 valence electrons. The number of hydrogen-bond acceptors (Lipinski definition) is 10. The average Bonchev–Trinajstić information content (AvgIpc) is 3.91. The molecule has 2 saturated heterocycles. The number of carbonyl (C=O) groups is 4. The second kappa shape index (κ2) is 14.8. The van der Waals surface area contributed by atoms with E-state index in [0.717, 1.165) is 5.01 Å². The molecule has 11 rings (SSSR count). The number of phenols is 1. The number of amides is 4. The SMILES string of the molecule is O=C1[C@@H]2C[C@@H]3C(=CC[C@@H]4C(=O)N(c5ccc(-c6nc7ccccc7o6)cc5)C(=O)[C@@H]43)[C@H](C3=COc4ccc(O)cc4C3)[C@]2(c2ccc(Cl)cc2)C(=O)N1Nc1ncc(C(F)(F)F)cc1Cl. The van der Waals surface area contributed by atoms with Crippen molar-refractivity contribution in [3.05, 3.63) is 153 Å². The van der Waals surface area contributed by atoms with Crippen molar-refractivity contribution in [2.45, 2.75) is 30.9 Å². The number of ether oxygens (including phenoxy) is 1. The van der Waals surface area contributed by atoms with Crippen LogP contribution in [0.1, 0.15) is 29.5 Å². The highest BCUT2D eigenvalue weighted by Crippen LogP contribution is 2.63. The van der Waals surface area contributed by atoms with Crippen LogP contribution in [0.15, 0.2) is 131 Å². The normalized spacial score (nSPS) is 24.8. The van der Waals surface area contributed by atoms with Gasteiger partial charge in [-0.25, -0.2) is 9.97 Å². The fraction of sp³-hybridized carbons (Fsp3) is 0.208. The summed E-state index contributed by atoms with van der Waals surface area (Å²) >= 11 is 12.7. The van der Waals surface area contributed by atoms with Gasteiger partial charge in [0.15, 0.2) is 11.4 Å². The summed E-state index contributed by atoms with van der Waals surface area (Å²) in [6.07, 6.45) is -0.610. The van der Waals surface area contributed by atoms with Crippen molar-refractivity contribution in [3.8, 4) is 23.0 Å². The van der Waals surface area contributed by atoms with Crippen LogP contribution in [0, 0.1) is 29.6 Å². The average molecular weight is 919 g/mol. The van der Waals surface area contributed by atoms with Crippen LogP contribution >= 0.6 is 23.2 Å². The van der Waals surface area contributed by atoms with Crippen molar-refractivity contribution < 1.29 is 46.6 Å². The molecule has 3 fully saturated rings. The third-order valence-electron chi connectivity index (χ3n) is 13.4. The van der Waals surface area contributed by atoms with E-state index in [4.69, 9.17) is 32.4 Å². The van der Waals surface area contributed by atoms with E-state index >= 15 is 9.59 Å². The first-order valence-corrected chi connectivity index (χ1v) is 21.3. The number of oxazole rings is 1. The number of imide groups is 2. The van der Waals surface area contributed by atoms with Gasteiger partial charge in [-0.15, -0.1) is 0 Å². The topological polar surface area (TPSA) is 155 Å². The van der Waals surface area contributed by atoms with Gasteiger partial charge in [-0.2, -0.15) is 18.2 Å². The number of halogens is 5. The Labute approximate surface area is 376 Å². The van der Waals surface area contributed by atoms with Crippen molar-refractivity contribution in [1.29, 1.82) is 0 Å². The van der Waals surface area contributed by atoms with E-state index in [-0.39, 0.29) is 30.8 Å². The fourth-order valence-electron chi connectivity index (χ4n) is 10.6. The summed E-state index contributed by atoms with van der Waals surface area (Å²) in [5.41, 5.74) is 4.15. The zero-order valence-corrected chi connectivity index (χ0v) is 35.1. The Morgan fingerprint density at radius 2 is 1.65 bits per heavy atom. The van der Waals surface area contributed by atoms with E-state index in [1.807, 2.05) is 24.3 Å². The molecule has 12 nitrogen and oxygen atoms in total. The number of pyridine rings is 1. The lowest BCUT2D eigenvalue weighted by Crippen LogP contribution is -2.55. The number of allylic oxidation sites excluding steroid dienone is 3. The summed E-state index contributed by atoms with van der Waals surface area (Å²) in [6.45, 7) is 0. The lowest BCUT2D eigenvalue weighted by molar-refractivity contribution is -0.139. The predicted octanol–water partition coefficient (Wildman–Crippen LogP) is 9.46. The molecule has 2 N–H and O–H groups in total. The molecule has 2 aromatic heterocycles. The molecule has 0 spiro atoms. The molecular weight excluding hydrogens is 886 g/mol. The van der Waals surface area contributed by atoms with Crippen molar-refractivity contribution >= 4 is 69.4 Å². The van der Waals surface area contributed by atoms with Gasteiger partial charge in [-0.1, -0.05) is 59.1 Å². The lowest BCUT2D eigenvalue weighted by Gasteiger charge is -2.51. The Bertz CT molecular complexity index is 3070. The molecule has 3 aliphatic heterocycles. The van der Waals surface area contributed by atoms with Crippen LogP contribution in [-0.4, -0.2) is 43.7 Å². The third kappa shape index (κ3) is 6.27. The first-order chi connectivity index (χ1) is 31.2. The van der Waals surface area contributed by atoms with Gasteiger partial charge < -0.3 is 14.3 Å². The quantitative estimate of drug-likeness (QED) is 0.122. The van der Waals surface area contributed by atoms with Crippen LogP contribution in [0.25, 0.3) is 22.6 Å². The minimum Gasteiger partial charge on any atom is -0.508 e. The molecule has 4 aromatic carbocycles. The van der Waals surface area contributed by atoms with Crippen LogP contribution in [0.4, 0.5) is 24.7 Å². The van der Waals surface area contributed by atoms with Gasteiger partial charge in [0.1, 0.15) is 17.0 Å². The number of aromatic nitrogens is 2. The number of benzene rings is 4. The highest BCUT2D eigenvalue weighted by atomic mass is 35.5. The van der Waals surface area contributed by atoms with Crippen molar-refractivity contribution in [2.24, 2.45) is 29.6 Å². The Morgan fingerprint density at radius 3 is 2.38 bits per heavy atom. The summed E-state index contributed by atoms with van der Waals surface area (Å²) < 4.78 is 53.0. The number of carbonyl (C=O) groups excluding carboxylic acids is 4. The van der Waals surface area contributed by atoms with E-state index < -0.39 is 75.4 Å². The molecule has 5 aliphatic rings. The summed E-state index contributed by atoms with van der Waals surface area (Å²) in [4.78, 5) is 69.6. The van der Waals surface area contributed by atoms with Gasteiger partial charge in [0.05, 0.1) is 45.7 Å². The number of fused-ring (bicyclic) bond motifs is 6. The molecule has 0 bridgehead atoms. The molecule has 4 amide bonds. The Balaban J connectivity index is 1.02. The second-order valence-electron chi connectivity index (χ2n) is 16.7. The molecular formula is C48H32Cl2F3N5O7. The van der Waals surface area contributed by atoms with Gasteiger partial charge >= 0.3 is 6.18 Å². The maximum absolute atomic E-state index is 15.6. The number of phenolic OH excluding ortho intramolecular Hbond substituents is 1. The maximum atomic E-state index is 15.6. The number of hydrogen-bond donors (Lipinski definition) is 2. The third-order valence-corrected chi connectivity index (χ3v) is 13.9. The summed E-state index contributed by atoms with van der Waals surface area (Å²) in [7, 11) is 0. The van der Waals surface area contributed by atoms with E-state index in [1.165, 1.54) is 17.2 Å². The number of para-hydroxylation sites is 2. The standard InChI is InChI=1S/C48H32Cl2F3N5O7/c49-28-9-7-26(8-10-28)47-34(44(61)58(46(47)63)56-41-35(50)19-27(21-54-41)48(51,52)53)20-33-31(40(47)25-17-24-18-30(59)13-16-37(24)64-22-25)14-15-32-39(33)45(62)57(43(32)60)29-11-5-23(6-12-29)42-55-36-3-1-2-4-38(36)65-42/h1-14,16,18-19,21-22,32-34,39-40,59H,15,17,20H2,(H,54,56)/t32-,33+,34-,39-,40-,47+/m0/s1. The lowest BCUT2D eigenvalue weighted by atomic mass is 9.48. The fourth-order valence-corrected chi connectivity index (χ4v) is 10.9. The first-order valence-electron chi connectivity index (χ1n) is 20.6. The van der Waals surface area contributed by atoms with E-state index in [1.54, 1.807) is 66.7 Å². The van der Waals surface area contributed by atoms with E-state index in [0.29, 0.717) is 73.5 Å². The molecule has 17 heteroatoms. The minimum atomic E-state index is -4.77. The maximum Gasteiger partial charge on any atom is 0.417 e. The van der Waals surface area contributed by atoms with Gasteiger partial charge in [0.2, 0.25) is 17.7 Å². The number of nitrogens with zero attached hydrogens (tertiary/aromatic N) is 4. The molecule has 6 aromatic rings. The number of anilines is 2. The molecule has 0 unspecified atom stereocenters. The Morgan fingerprint density at radius 1 is 0.877 bits per heavy atom. The highest BCUT2D eigenvalue weighted by Gasteiger charge is 2.71. The first kappa shape index (κ1) is 40.8. The predicted molar refractivity (Wildman–Crippen MR) is 230 cm³/mol. The van der Waals surface area contributed by atoms with Gasteiger partial charge in [0.25, 0.3) is 11.8 Å². The number of hydrazine groups is 1. The summed E-state index contributed by atoms with van der Waals surface area (Å²) in [6, 6.07) is 25.8. The minimum absolute atomic E-state index is 0.0272. The summed E-state index contributed by atoms with van der Waals surface area (Å²) in [5.74, 6) is -6.69. The van der Waals surface area contributed by atoms with Crippen LogP contribution in [0.3, 0.4) is 0 Å². The van der Waals surface area contributed by atoms with Crippen LogP contribution in [0.5, 0.6) is 11.5 Å². The smallest absolute Gasteiger partial charge is 0.417 e. The zero-order chi connectivity index (χ0) is 45.1. The van der Waals surface area contributed by atoms with Crippen LogP contribution in [0.2, 0.25) is 10.0 Å². The number of rotatable bonds is 6. The van der Waals surface area contributed by atoms with Crippen LogP contribution < -0.4 is 15.1 Å². The van der Waals surface area contributed by atoms with Gasteiger partial charge in [-0.3, -0.25) is 29.5 Å². The largest absolute Gasteiger partial charge is 0.508 e. The molecule has 6 atom stereocenters. The van der Waals surface area contributed by atoms with Crippen molar-refractivity contribution in [1.82, 2.24) is 15.0 Å². The number of alkyl halides is 3. The molecule has 65 heavy (non-hydrogen) atoms. The zero-order valence-electron chi connectivity index (χ0n) is 33.6. The molecule has 0 radical (unpaired) electrons. The van der Waals surface area contributed by atoms with Crippen molar-refractivity contribution in [3.63, 3.8) is 0 Å². The summed E-state index contributed by atoms with van der Waals surface area (Å²) in [5, 5.41) is 11.1. The van der Waals surface area contributed by atoms with E-state index in [9.17, 15) is 27.9 Å². The Hall–Kier alpha value is -6.97.